The molecule has 166 valence electrons. The number of carbonyl (C=O) groups excluding carboxylic acids is 1. The van der Waals surface area contributed by atoms with Gasteiger partial charge in [-0.25, -0.2) is 9.78 Å². The van der Waals surface area contributed by atoms with Crippen LogP contribution in [0.1, 0.15) is 38.6 Å². The lowest BCUT2D eigenvalue weighted by molar-refractivity contribution is 0.0696. The molecule has 1 aliphatic rings. The van der Waals surface area contributed by atoms with Crippen molar-refractivity contribution in [2.75, 3.05) is 25.1 Å². The van der Waals surface area contributed by atoms with Gasteiger partial charge in [0.2, 0.25) is 0 Å². The molecule has 1 fully saturated rings. The Morgan fingerprint density at radius 1 is 1.22 bits per heavy atom. The van der Waals surface area contributed by atoms with Crippen LogP contribution >= 0.6 is 11.3 Å². The van der Waals surface area contributed by atoms with E-state index in [1.165, 1.54) is 11.3 Å². The predicted octanol–water partition coefficient (Wildman–Crippen LogP) is 4.22. The van der Waals surface area contributed by atoms with Crippen molar-refractivity contribution in [1.29, 1.82) is 0 Å². The molecule has 1 atom stereocenters. The summed E-state index contributed by atoms with van der Waals surface area (Å²) >= 11 is 1.38. The molecule has 2 aromatic carbocycles. The topological polar surface area (TPSA) is 91.8 Å². The number of thiazole rings is 1. The molecule has 2 N–H and O–H groups in total. The fourth-order valence-corrected chi connectivity index (χ4v) is 4.86. The van der Waals surface area contributed by atoms with Crippen molar-refractivity contribution in [1.82, 2.24) is 10.3 Å². The van der Waals surface area contributed by atoms with Crippen LogP contribution in [0, 0.1) is 6.92 Å². The van der Waals surface area contributed by atoms with E-state index in [2.05, 4.69) is 15.2 Å². The van der Waals surface area contributed by atoms with Gasteiger partial charge < -0.3 is 20.1 Å². The first-order valence-corrected chi connectivity index (χ1v) is 11.3. The Bertz CT molecular complexity index is 1130. The van der Waals surface area contributed by atoms with Crippen LogP contribution < -0.4 is 15.0 Å². The van der Waals surface area contributed by atoms with Crippen LogP contribution in [-0.2, 0) is 0 Å². The molecule has 1 aliphatic heterocycles. The van der Waals surface area contributed by atoms with E-state index >= 15 is 0 Å². The van der Waals surface area contributed by atoms with Crippen molar-refractivity contribution >= 4 is 28.9 Å². The van der Waals surface area contributed by atoms with Crippen molar-refractivity contribution in [2.45, 2.75) is 25.8 Å². The number of carboxylic acid groups (broad SMARTS) is 1. The van der Waals surface area contributed by atoms with Crippen LogP contribution in [0.4, 0.5) is 5.69 Å². The van der Waals surface area contributed by atoms with Gasteiger partial charge in [0.05, 0.1) is 18.4 Å². The first-order chi connectivity index (χ1) is 15.4. The standard InChI is InChI=1S/C24H25N3O4S/c1-15-21(32-23(25-15)16-8-10-20(31-2)11-9-16)22(28)26-18-6-4-12-27(14-18)19-7-3-5-17(13-19)24(29)30/h3,5,7-11,13,18H,4,6,12,14H2,1-2H3,(H,26,28)(H,29,30)/t18-/m0/s1. The molecule has 1 saturated heterocycles. The Morgan fingerprint density at radius 2 is 2.00 bits per heavy atom. The summed E-state index contributed by atoms with van der Waals surface area (Å²) in [6.07, 6.45) is 1.80. The van der Waals surface area contributed by atoms with Gasteiger partial charge in [-0.3, -0.25) is 4.79 Å². The van der Waals surface area contributed by atoms with Gasteiger partial charge in [-0.1, -0.05) is 6.07 Å². The molecule has 0 spiro atoms. The molecule has 0 radical (unpaired) electrons. The lowest BCUT2D eigenvalue weighted by Crippen LogP contribution is -2.47. The van der Waals surface area contributed by atoms with Gasteiger partial charge in [-0.15, -0.1) is 11.3 Å². The summed E-state index contributed by atoms with van der Waals surface area (Å²) in [5.74, 6) is -0.288. The maximum atomic E-state index is 13.0. The summed E-state index contributed by atoms with van der Waals surface area (Å²) in [5, 5.41) is 13.2. The average Bonchev–Trinajstić information content (AvgIpc) is 3.21. The number of carboxylic acids is 1. The van der Waals surface area contributed by atoms with E-state index in [0.29, 0.717) is 17.1 Å². The Kier molecular flexibility index (Phi) is 6.41. The zero-order valence-corrected chi connectivity index (χ0v) is 18.8. The number of aryl methyl sites for hydroxylation is 1. The molecule has 32 heavy (non-hydrogen) atoms. The van der Waals surface area contributed by atoms with Crippen LogP contribution in [0.2, 0.25) is 0 Å². The molecule has 1 aromatic heterocycles. The fraction of sp³-hybridized carbons (Fsp3) is 0.292. The summed E-state index contributed by atoms with van der Waals surface area (Å²) in [6.45, 7) is 3.32. The minimum Gasteiger partial charge on any atom is -0.497 e. The highest BCUT2D eigenvalue weighted by molar-refractivity contribution is 7.17. The van der Waals surface area contributed by atoms with Crippen molar-refractivity contribution in [3.8, 4) is 16.3 Å². The van der Waals surface area contributed by atoms with E-state index in [-0.39, 0.29) is 17.5 Å². The quantitative estimate of drug-likeness (QED) is 0.583. The highest BCUT2D eigenvalue weighted by atomic mass is 32.1. The Morgan fingerprint density at radius 3 is 2.72 bits per heavy atom. The number of aromatic nitrogens is 1. The largest absolute Gasteiger partial charge is 0.497 e. The first-order valence-electron chi connectivity index (χ1n) is 10.5. The monoisotopic (exact) mass is 451 g/mol. The van der Waals surface area contributed by atoms with Crippen molar-refractivity contribution in [3.63, 3.8) is 0 Å². The van der Waals surface area contributed by atoms with Gasteiger partial charge in [0.25, 0.3) is 5.91 Å². The zero-order chi connectivity index (χ0) is 22.7. The SMILES string of the molecule is COc1ccc(-c2nc(C)c(C(=O)N[C@H]3CCCN(c4cccc(C(=O)O)c4)C3)s2)cc1. The van der Waals surface area contributed by atoms with Crippen LogP contribution in [0.25, 0.3) is 10.6 Å². The third-order valence-corrected chi connectivity index (χ3v) is 6.76. The Labute approximate surface area is 190 Å². The van der Waals surface area contributed by atoms with E-state index in [4.69, 9.17) is 4.74 Å². The second-order valence-corrected chi connectivity index (χ2v) is 8.78. The van der Waals surface area contributed by atoms with Gasteiger partial charge in [0, 0.05) is 30.4 Å². The van der Waals surface area contributed by atoms with Gasteiger partial charge >= 0.3 is 5.97 Å². The first kappa shape index (κ1) is 21.8. The number of aromatic carboxylic acids is 1. The minimum absolute atomic E-state index is 0.0179. The fourth-order valence-electron chi connectivity index (χ4n) is 3.88. The third kappa shape index (κ3) is 4.75. The number of nitrogens with one attached hydrogen (secondary N) is 1. The Balaban J connectivity index is 1.45. The normalized spacial score (nSPS) is 15.9. The second kappa shape index (κ2) is 9.40. The summed E-state index contributed by atoms with van der Waals surface area (Å²) < 4.78 is 5.20. The predicted molar refractivity (Wildman–Crippen MR) is 125 cm³/mol. The number of anilines is 1. The van der Waals surface area contributed by atoms with Gasteiger partial charge in [0.15, 0.2) is 0 Å². The highest BCUT2D eigenvalue weighted by Gasteiger charge is 2.24. The van der Waals surface area contributed by atoms with Gasteiger partial charge in [-0.2, -0.15) is 0 Å². The molecule has 4 rings (SSSR count). The number of hydrogen-bond donors (Lipinski definition) is 2. The third-order valence-electron chi connectivity index (χ3n) is 5.55. The van der Waals surface area contributed by atoms with Crippen LogP contribution in [-0.4, -0.2) is 48.2 Å². The number of rotatable bonds is 6. The lowest BCUT2D eigenvalue weighted by atomic mass is 10.0. The smallest absolute Gasteiger partial charge is 0.335 e. The molecule has 1 amide bonds. The molecule has 7 nitrogen and oxygen atoms in total. The van der Waals surface area contributed by atoms with E-state index in [0.717, 1.165) is 41.4 Å². The lowest BCUT2D eigenvalue weighted by Gasteiger charge is -2.34. The number of carbonyl (C=O) groups is 2. The van der Waals surface area contributed by atoms with Crippen molar-refractivity contribution in [2.24, 2.45) is 0 Å². The summed E-state index contributed by atoms with van der Waals surface area (Å²) in [7, 11) is 1.63. The number of piperidine rings is 1. The Hall–Kier alpha value is -3.39. The van der Waals surface area contributed by atoms with E-state index in [1.54, 1.807) is 25.3 Å². The van der Waals surface area contributed by atoms with Gasteiger partial charge in [-0.05, 0) is 62.2 Å². The molecule has 0 unspecified atom stereocenters. The molecule has 2 heterocycles. The number of amides is 1. The molecule has 0 aliphatic carbocycles. The van der Waals surface area contributed by atoms with Crippen molar-refractivity contribution < 1.29 is 19.4 Å². The molecule has 0 bridgehead atoms. The van der Waals surface area contributed by atoms with Crippen LogP contribution in [0.5, 0.6) is 5.75 Å². The average molecular weight is 452 g/mol. The van der Waals surface area contributed by atoms with Crippen LogP contribution in [0.15, 0.2) is 48.5 Å². The summed E-state index contributed by atoms with van der Waals surface area (Å²) in [4.78, 5) is 31.6. The number of nitrogens with zero attached hydrogens (tertiary/aromatic N) is 2. The molecular formula is C24H25N3O4S. The van der Waals surface area contributed by atoms with Crippen LogP contribution in [0.3, 0.4) is 0 Å². The maximum absolute atomic E-state index is 13.0. The maximum Gasteiger partial charge on any atom is 0.335 e. The summed E-state index contributed by atoms with van der Waals surface area (Å²) in [6, 6.07) is 14.5. The number of hydrogen-bond acceptors (Lipinski definition) is 6. The number of benzene rings is 2. The van der Waals surface area contributed by atoms with E-state index in [1.807, 2.05) is 37.3 Å². The number of methoxy groups -OCH3 is 1. The van der Waals surface area contributed by atoms with Crippen molar-refractivity contribution in [3.05, 3.63) is 64.7 Å². The summed E-state index contributed by atoms with van der Waals surface area (Å²) in [5.41, 5.74) is 2.78. The van der Waals surface area contributed by atoms with E-state index in [9.17, 15) is 14.7 Å². The molecular weight excluding hydrogens is 426 g/mol. The molecule has 0 saturated carbocycles. The second-order valence-electron chi connectivity index (χ2n) is 7.78. The minimum atomic E-state index is -0.943. The van der Waals surface area contributed by atoms with E-state index < -0.39 is 5.97 Å². The number of ether oxygens (including phenoxy) is 1. The molecule has 3 aromatic rings. The zero-order valence-electron chi connectivity index (χ0n) is 18.0. The highest BCUT2D eigenvalue weighted by Crippen LogP contribution is 2.29. The van der Waals surface area contributed by atoms with Gasteiger partial charge in [0.1, 0.15) is 15.6 Å². The molecule has 8 heteroatoms.